The van der Waals surface area contributed by atoms with Crippen molar-refractivity contribution < 1.29 is 24.6 Å². The molecule has 412 valence electrons. The number of nitrogens with zero attached hydrogens (tertiary/aromatic N) is 5. The lowest BCUT2D eigenvalue weighted by Gasteiger charge is -2.35. The number of carbonyl (C=O) groups excluding carboxylic acids is 3. The topological polar surface area (TPSA) is 165 Å². The fourth-order valence-corrected chi connectivity index (χ4v) is 8.53. The van der Waals surface area contributed by atoms with E-state index in [1.165, 1.54) is 105 Å². The van der Waals surface area contributed by atoms with Gasteiger partial charge in [-0.1, -0.05) is 127 Å². The van der Waals surface area contributed by atoms with E-state index in [0.29, 0.717) is 17.7 Å². The normalized spacial score (nSPS) is 15.9. The number of anilines is 1. The largest absolute Gasteiger partial charge is 0.396 e. The van der Waals surface area contributed by atoms with E-state index in [9.17, 15) is 14.4 Å². The molecule has 2 aliphatic heterocycles. The summed E-state index contributed by atoms with van der Waals surface area (Å²) in [6.45, 7) is 41.3. The number of nitrogens with two attached hydrogens (primary N) is 1. The second-order valence-corrected chi connectivity index (χ2v) is 23.9. The van der Waals surface area contributed by atoms with E-state index in [4.69, 9.17) is 25.9 Å². The number of piperazine rings is 1. The summed E-state index contributed by atoms with van der Waals surface area (Å²) in [5, 5.41) is 21.6. The molecule has 1 aromatic carbocycles. The lowest BCUT2D eigenvalue weighted by atomic mass is 9.83. The lowest BCUT2D eigenvalue weighted by molar-refractivity contribution is -0.143. The van der Waals surface area contributed by atoms with Crippen LogP contribution in [-0.4, -0.2) is 117 Å². The highest BCUT2D eigenvalue weighted by molar-refractivity contribution is 6.13. The summed E-state index contributed by atoms with van der Waals surface area (Å²) in [5.74, 6) is 2.09. The molecule has 1 saturated carbocycles. The number of benzene rings is 1. The van der Waals surface area contributed by atoms with Gasteiger partial charge < -0.3 is 31.1 Å². The number of likely N-dealkylation sites (N-methyl/N-ethyl adjacent to an activating group) is 1. The molecule has 1 saturated heterocycles. The molecule has 2 aromatic rings. The third-order valence-corrected chi connectivity index (χ3v) is 14.4. The van der Waals surface area contributed by atoms with Crippen LogP contribution in [0.15, 0.2) is 35.3 Å². The average Bonchev–Trinajstić information content (AvgIpc) is 4.05. The van der Waals surface area contributed by atoms with Gasteiger partial charge in [0, 0.05) is 71.3 Å². The summed E-state index contributed by atoms with van der Waals surface area (Å²) < 4.78 is 0. The van der Waals surface area contributed by atoms with Crippen LogP contribution in [0.1, 0.15) is 199 Å². The van der Waals surface area contributed by atoms with Crippen molar-refractivity contribution in [2.24, 2.45) is 33.6 Å². The van der Waals surface area contributed by atoms with Crippen molar-refractivity contribution in [3.8, 4) is 0 Å². The van der Waals surface area contributed by atoms with Crippen LogP contribution in [0.5, 0.6) is 0 Å². The second-order valence-electron chi connectivity index (χ2n) is 23.9. The third kappa shape index (κ3) is 23.2. The van der Waals surface area contributed by atoms with E-state index in [0.717, 1.165) is 67.6 Å². The van der Waals surface area contributed by atoms with Crippen molar-refractivity contribution in [2.45, 2.75) is 212 Å². The number of hydrogen-bond acceptors (Lipinski definition) is 10. The zero-order valence-corrected chi connectivity index (χ0v) is 49.2. The monoisotopic (exact) mass is 1010 g/mol. The number of pyridine rings is 1. The fourth-order valence-electron chi connectivity index (χ4n) is 8.53. The van der Waals surface area contributed by atoms with Crippen molar-refractivity contribution in [3.63, 3.8) is 0 Å². The number of aliphatic hydroxyl groups is 2. The molecule has 3 amide bonds. The first-order valence-corrected chi connectivity index (χ1v) is 27.9. The van der Waals surface area contributed by atoms with Gasteiger partial charge in [-0.25, -0.2) is 4.98 Å². The van der Waals surface area contributed by atoms with Gasteiger partial charge in [0.25, 0.3) is 11.8 Å². The van der Waals surface area contributed by atoms with E-state index in [1.54, 1.807) is 0 Å². The molecule has 12 nitrogen and oxygen atoms in total. The highest BCUT2D eigenvalue weighted by atomic mass is 16.3. The predicted molar refractivity (Wildman–Crippen MR) is 306 cm³/mol. The number of rotatable bonds is 21. The molecule has 0 atom stereocenters. The predicted octanol–water partition coefficient (Wildman–Crippen LogP) is 12.3. The van der Waals surface area contributed by atoms with E-state index < -0.39 is 0 Å². The van der Waals surface area contributed by atoms with Crippen LogP contribution in [-0.2, 0) is 20.8 Å². The molecule has 2 fully saturated rings. The van der Waals surface area contributed by atoms with Crippen LogP contribution < -0.4 is 11.1 Å². The molecular weight excluding hydrogens is 899 g/mol. The number of amides is 3. The van der Waals surface area contributed by atoms with Gasteiger partial charge in [0.2, 0.25) is 5.91 Å². The highest BCUT2D eigenvalue weighted by Gasteiger charge is 2.39. The molecule has 1 aromatic heterocycles. The number of fused-ring (bicyclic) bond motifs is 1. The molecule has 5 N–H and O–H groups in total. The van der Waals surface area contributed by atoms with Crippen LogP contribution in [0.3, 0.4) is 0 Å². The number of imide groups is 1. The molecule has 3 heterocycles. The van der Waals surface area contributed by atoms with Gasteiger partial charge in [-0.15, -0.1) is 0 Å². The lowest BCUT2D eigenvalue weighted by Crippen LogP contribution is -2.51. The summed E-state index contributed by atoms with van der Waals surface area (Å²) in [6, 6.07) is 6.70. The number of aliphatic imine (C=N–C) groups is 1. The zero-order valence-electron chi connectivity index (χ0n) is 49.2. The van der Waals surface area contributed by atoms with Crippen LogP contribution in [0.2, 0.25) is 0 Å². The standard InChI is InChI=1S/C26H41N5.C14H27NO.C11H17NO2.C6H14O2.C3H8/c1-5-7-11-22(9-6-2)28-25-20(3)23-13-12-21(19-24(23)29-26(25)27)10-8-14-31-17-15-30(4)16-18-31;1-10(2)14(5,6)15-12(16)13(3,4)9-11-7-8-11;1-8(2)7-11(3,4)12-9(13)5-6-10(12)14;1-3-6(2,4-7)5-8;1-3-2/h12-13,19H,5-11,14-18H2,1-4H3,(H2,27,29);10-11H,7-9H2,1-6H3,(H,15,16);5-6,8H,7H2,1-4H3;7-8H,3-5H2,1-2H3;3H2,1-2H3. The molecule has 72 heavy (non-hydrogen) atoms. The van der Waals surface area contributed by atoms with Crippen LogP contribution >= 0.6 is 0 Å². The molecule has 0 radical (unpaired) electrons. The highest BCUT2D eigenvalue weighted by Crippen LogP contribution is 2.40. The van der Waals surface area contributed by atoms with Gasteiger partial charge in [-0.3, -0.25) is 24.3 Å². The van der Waals surface area contributed by atoms with Gasteiger partial charge in [-0.05, 0) is 135 Å². The molecule has 12 heteroatoms. The van der Waals surface area contributed by atoms with Crippen LogP contribution in [0.25, 0.3) is 10.9 Å². The molecule has 0 bridgehead atoms. The molecular formula is C60H107N7O5. The number of unbranched alkanes of at least 4 members (excludes halogenated alkanes) is 1. The van der Waals surface area contributed by atoms with Crippen LogP contribution in [0.4, 0.5) is 11.5 Å². The minimum atomic E-state index is -0.383. The molecule has 0 unspecified atom stereocenters. The van der Waals surface area contributed by atoms with E-state index in [-0.39, 0.29) is 52.8 Å². The van der Waals surface area contributed by atoms with Crippen molar-refractivity contribution in [2.75, 3.05) is 58.7 Å². The Labute approximate surface area is 439 Å². The number of hydrogen-bond donors (Lipinski definition) is 4. The van der Waals surface area contributed by atoms with Gasteiger partial charge in [0.15, 0.2) is 0 Å². The number of aliphatic hydroxyl groups excluding tert-OH is 2. The quantitative estimate of drug-likeness (QED) is 0.0704. The minimum Gasteiger partial charge on any atom is -0.396 e. The Hall–Kier alpha value is -3.71. The minimum absolute atomic E-state index is 0.0694. The number of aromatic nitrogens is 1. The number of carbonyl (C=O) groups is 3. The Bertz CT molecular complexity index is 1960. The first kappa shape index (κ1) is 66.3. The summed E-state index contributed by atoms with van der Waals surface area (Å²) in [7, 11) is 2.21. The second kappa shape index (κ2) is 31.9. The maximum atomic E-state index is 12.2. The fraction of sp³-hybridized carbons (Fsp3) is 0.750. The summed E-state index contributed by atoms with van der Waals surface area (Å²) in [4.78, 5) is 51.2. The maximum absolute atomic E-state index is 12.2. The zero-order chi connectivity index (χ0) is 55.0. The Morgan fingerprint density at radius 2 is 1.43 bits per heavy atom. The Morgan fingerprint density at radius 1 is 0.861 bits per heavy atom. The first-order valence-electron chi connectivity index (χ1n) is 27.9. The third-order valence-electron chi connectivity index (χ3n) is 14.4. The maximum Gasteiger partial charge on any atom is 0.254 e. The summed E-state index contributed by atoms with van der Waals surface area (Å²) in [6.07, 6.45) is 17.0. The van der Waals surface area contributed by atoms with E-state index in [1.807, 2.05) is 27.7 Å². The molecule has 3 aliphatic rings. The first-order chi connectivity index (χ1) is 33.6. The van der Waals surface area contributed by atoms with E-state index >= 15 is 0 Å². The van der Waals surface area contributed by atoms with Crippen molar-refractivity contribution in [3.05, 3.63) is 41.5 Å². The molecule has 0 spiro atoms. The van der Waals surface area contributed by atoms with Gasteiger partial charge >= 0.3 is 0 Å². The summed E-state index contributed by atoms with van der Waals surface area (Å²) >= 11 is 0. The number of aryl methyl sites for hydroxylation is 2. The number of nitrogens with one attached hydrogen (secondary N) is 1. The van der Waals surface area contributed by atoms with Crippen molar-refractivity contribution in [1.82, 2.24) is 25.0 Å². The summed E-state index contributed by atoms with van der Waals surface area (Å²) in [5.41, 5.74) is 11.0. The number of nitrogen functional groups attached to an aromatic ring is 1. The SMILES string of the molecule is CC(C)C(C)(C)NC(=O)C(C)(C)CC1CC1.CC(C)CC(C)(C)N1C(=O)C=CC1=O.CCC.CCC(C)(CO)CO.CCCCC(CCC)=Nc1c(N)nc2cc(CCCN3CCN(C)CC3)ccc2c1C. The van der Waals surface area contributed by atoms with Gasteiger partial charge in [-0.2, -0.15) is 0 Å². The van der Waals surface area contributed by atoms with Gasteiger partial charge in [0.05, 0.1) is 18.7 Å². The Balaban J connectivity index is 0.000000529. The smallest absolute Gasteiger partial charge is 0.254 e. The average molecular weight is 1010 g/mol. The van der Waals surface area contributed by atoms with E-state index in [2.05, 4.69) is 130 Å². The van der Waals surface area contributed by atoms with Crippen LogP contribution in [0, 0.1) is 35.5 Å². The Morgan fingerprint density at radius 3 is 1.89 bits per heavy atom. The molecule has 1 aliphatic carbocycles. The van der Waals surface area contributed by atoms with Crippen molar-refractivity contribution in [1.29, 1.82) is 0 Å². The molecule has 5 rings (SSSR count). The Kier molecular flexibility index (Phi) is 29.4. The van der Waals surface area contributed by atoms with Gasteiger partial charge in [0.1, 0.15) is 11.5 Å². The van der Waals surface area contributed by atoms with Crippen molar-refractivity contribution >= 4 is 45.8 Å².